The molecule has 3 N–H and O–H groups in total. The number of allylic oxidation sites excluding steroid dienone is 24. The number of hydrogen-bond acceptors (Lipinski definition) is 15. The molecule has 0 aliphatic heterocycles. The van der Waals surface area contributed by atoms with Gasteiger partial charge in [-0.2, -0.15) is 0 Å². The van der Waals surface area contributed by atoms with Crippen molar-refractivity contribution >= 4 is 39.5 Å². The molecule has 0 rings (SSSR count). The lowest BCUT2D eigenvalue weighted by atomic mass is 10.1. The van der Waals surface area contributed by atoms with Crippen LogP contribution in [0.5, 0.6) is 0 Å². The second-order valence-electron chi connectivity index (χ2n) is 27.6. The van der Waals surface area contributed by atoms with Gasteiger partial charge in [-0.15, -0.1) is 0 Å². The Morgan fingerprint density at radius 2 is 0.481 bits per heavy atom. The summed E-state index contributed by atoms with van der Waals surface area (Å²) < 4.78 is 68.8. The zero-order chi connectivity index (χ0) is 78.9. The van der Waals surface area contributed by atoms with Gasteiger partial charge in [0.05, 0.1) is 26.4 Å². The van der Waals surface area contributed by atoms with E-state index in [2.05, 4.69) is 174 Å². The van der Waals surface area contributed by atoms with Gasteiger partial charge in [0, 0.05) is 25.7 Å². The van der Waals surface area contributed by atoms with E-state index in [0.717, 1.165) is 218 Å². The summed E-state index contributed by atoms with van der Waals surface area (Å²) >= 11 is 0. The highest BCUT2D eigenvalue weighted by Gasteiger charge is 2.30. The first-order valence-corrected chi connectivity index (χ1v) is 45.1. The standard InChI is InChI=1S/C89H150O17P2/c1-5-9-13-17-21-25-29-33-37-39-41-43-47-49-53-57-61-65-69-73-86(91)99-79-84(105-88(93)75-71-67-63-59-55-51-45-35-31-27-23-19-15-11-7-3)81-103-107(95,96)101-77-83(90)78-102-108(97,98)104-82-85(106-89(94)76-72-68-64-60-56-52-46-36-32-28-24-20-16-12-8-4)80-100-87(92)74-70-66-62-58-54-50-48-44-42-40-38-34-30-26-22-18-14-10-6-2/h9-10,13-14,21-28,33-38,41-46,83-85,90H,5-8,11-12,15-20,29-32,39-40,47-82H2,1-4H3,(H,95,96)(H,97,98)/b13-9-,14-10-,25-21-,26-22-,27-23-,28-24-,37-33-,38-34-,43-41-,44-42-,45-35-,46-36-. The van der Waals surface area contributed by atoms with E-state index >= 15 is 0 Å². The van der Waals surface area contributed by atoms with E-state index in [0.29, 0.717) is 25.7 Å². The van der Waals surface area contributed by atoms with Crippen LogP contribution >= 0.6 is 15.6 Å². The minimum absolute atomic E-state index is 0.0718. The van der Waals surface area contributed by atoms with Crippen molar-refractivity contribution in [1.82, 2.24) is 0 Å². The average Bonchev–Trinajstić information content (AvgIpc) is 0.923. The summed E-state index contributed by atoms with van der Waals surface area (Å²) in [5.41, 5.74) is 0. The van der Waals surface area contributed by atoms with Crippen LogP contribution in [0.4, 0.5) is 0 Å². The molecule has 19 heteroatoms. The maximum Gasteiger partial charge on any atom is 0.472 e. The van der Waals surface area contributed by atoms with Gasteiger partial charge in [-0.1, -0.05) is 289 Å². The van der Waals surface area contributed by atoms with Gasteiger partial charge in [0.1, 0.15) is 19.3 Å². The fraction of sp³-hybridized carbons (Fsp3) is 0.685. The molecule has 0 aromatic rings. The fourth-order valence-corrected chi connectivity index (χ4v) is 12.5. The van der Waals surface area contributed by atoms with E-state index in [-0.39, 0.29) is 25.7 Å². The van der Waals surface area contributed by atoms with E-state index < -0.39 is 97.5 Å². The van der Waals surface area contributed by atoms with E-state index in [1.54, 1.807) is 0 Å². The van der Waals surface area contributed by atoms with Crippen LogP contribution in [-0.4, -0.2) is 96.7 Å². The van der Waals surface area contributed by atoms with Crippen molar-refractivity contribution in [2.24, 2.45) is 0 Å². The van der Waals surface area contributed by atoms with Crippen LogP contribution in [0.2, 0.25) is 0 Å². The molecule has 618 valence electrons. The molecule has 0 radical (unpaired) electrons. The van der Waals surface area contributed by atoms with Crippen LogP contribution in [0.15, 0.2) is 146 Å². The first-order valence-electron chi connectivity index (χ1n) is 42.1. The summed E-state index contributed by atoms with van der Waals surface area (Å²) in [5.74, 6) is -2.23. The predicted molar refractivity (Wildman–Crippen MR) is 445 cm³/mol. The predicted octanol–water partition coefficient (Wildman–Crippen LogP) is 25.0. The Kier molecular flexibility index (Phi) is 76.3. The molecule has 0 aliphatic carbocycles. The first kappa shape index (κ1) is 103. The van der Waals surface area contributed by atoms with Gasteiger partial charge in [-0.05, 0) is 167 Å². The van der Waals surface area contributed by atoms with E-state index in [1.165, 1.54) is 38.5 Å². The first-order chi connectivity index (χ1) is 52.7. The van der Waals surface area contributed by atoms with Crippen molar-refractivity contribution in [2.45, 2.75) is 354 Å². The number of carbonyl (C=O) groups is 4. The number of unbranched alkanes of at least 4 members (excludes halogenated alkanes) is 28. The summed E-state index contributed by atoms with van der Waals surface area (Å²) in [6.07, 6.45) is 92.3. The number of ether oxygens (including phenoxy) is 4. The van der Waals surface area contributed by atoms with Gasteiger partial charge in [0.15, 0.2) is 12.2 Å². The Hall–Kier alpha value is -5.06. The molecule has 4 atom stereocenters. The van der Waals surface area contributed by atoms with Crippen molar-refractivity contribution < 1.29 is 80.2 Å². The highest BCUT2D eigenvalue weighted by atomic mass is 31.2. The number of phosphoric acid groups is 2. The highest BCUT2D eigenvalue weighted by molar-refractivity contribution is 7.47. The van der Waals surface area contributed by atoms with E-state index in [4.69, 9.17) is 37.0 Å². The Labute approximate surface area is 656 Å². The smallest absolute Gasteiger partial charge is 0.462 e. The lowest BCUT2D eigenvalue weighted by molar-refractivity contribution is -0.161. The number of carbonyl (C=O) groups excluding carboxylic acids is 4. The number of phosphoric ester groups is 2. The zero-order valence-electron chi connectivity index (χ0n) is 67.7. The molecule has 0 amide bonds. The minimum atomic E-state index is -4.99. The van der Waals surface area contributed by atoms with Crippen LogP contribution in [0.3, 0.4) is 0 Å². The van der Waals surface area contributed by atoms with Gasteiger partial charge in [-0.3, -0.25) is 37.3 Å². The lowest BCUT2D eigenvalue weighted by Gasteiger charge is -2.21. The van der Waals surface area contributed by atoms with Gasteiger partial charge in [0.25, 0.3) is 0 Å². The van der Waals surface area contributed by atoms with Gasteiger partial charge in [0.2, 0.25) is 0 Å². The molecule has 0 aromatic carbocycles. The largest absolute Gasteiger partial charge is 0.472 e. The summed E-state index contributed by atoms with van der Waals surface area (Å²) in [6.45, 7) is 4.56. The second-order valence-corrected chi connectivity index (χ2v) is 30.6. The molecule has 108 heavy (non-hydrogen) atoms. The summed E-state index contributed by atoms with van der Waals surface area (Å²) in [5, 5.41) is 10.7. The van der Waals surface area contributed by atoms with E-state index in [9.17, 15) is 43.2 Å². The molecular formula is C89H150O17P2. The number of hydrogen-bond donors (Lipinski definition) is 3. The molecule has 0 spiro atoms. The number of esters is 4. The van der Waals surface area contributed by atoms with Crippen molar-refractivity contribution in [3.63, 3.8) is 0 Å². The molecule has 0 heterocycles. The van der Waals surface area contributed by atoms with Crippen molar-refractivity contribution in [3.8, 4) is 0 Å². The monoisotopic (exact) mass is 1550 g/mol. The fourth-order valence-electron chi connectivity index (χ4n) is 10.9. The normalized spacial score (nSPS) is 14.5. The van der Waals surface area contributed by atoms with Gasteiger partial charge in [-0.25, -0.2) is 9.13 Å². The maximum atomic E-state index is 13.1. The SMILES string of the molecule is CC/C=C\C/C=C\C/C=C\C/C=C\CCCCCCCCC(=O)OCC(COP(=O)(O)OCC(O)COP(=O)(O)OCC(COC(=O)CCCCCCCC/C=C\C/C=C\C/C=C\C/C=C\CC)OC(=O)CCCCCCC/C=C\C/C=C\CCCCC)OC(=O)CCCCCCC/C=C\C/C=C\CCCCC. The molecule has 4 unspecified atom stereocenters. The molecular weight excluding hydrogens is 1400 g/mol. The van der Waals surface area contributed by atoms with Crippen LogP contribution in [0, 0.1) is 0 Å². The number of aliphatic hydroxyl groups excluding tert-OH is 1. The van der Waals surface area contributed by atoms with Crippen LogP contribution in [0.1, 0.15) is 336 Å². The molecule has 0 saturated carbocycles. The van der Waals surface area contributed by atoms with Crippen molar-refractivity contribution in [3.05, 3.63) is 146 Å². The molecule has 0 fully saturated rings. The third-order valence-electron chi connectivity index (χ3n) is 17.3. The third-order valence-corrected chi connectivity index (χ3v) is 19.2. The van der Waals surface area contributed by atoms with Crippen LogP contribution in [-0.2, 0) is 65.4 Å². The van der Waals surface area contributed by atoms with Gasteiger partial charge < -0.3 is 33.8 Å². The maximum absolute atomic E-state index is 13.1. The van der Waals surface area contributed by atoms with Gasteiger partial charge >= 0.3 is 39.5 Å². The molecule has 0 bridgehead atoms. The molecule has 17 nitrogen and oxygen atoms in total. The Bertz CT molecular complexity index is 2440. The third kappa shape index (κ3) is 79.0. The molecule has 0 aliphatic rings. The Balaban J connectivity index is 5.41. The Morgan fingerprint density at radius 1 is 0.269 bits per heavy atom. The zero-order valence-corrected chi connectivity index (χ0v) is 69.5. The minimum Gasteiger partial charge on any atom is -0.462 e. The lowest BCUT2D eigenvalue weighted by Crippen LogP contribution is -2.30. The molecule has 0 saturated heterocycles. The van der Waals surface area contributed by atoms with Crippen LogP contribution in [0.25, 0.3) is 0 Å². The second kappa shape index (κ2) is 80.0. The average molecular weight is 1550 g/mol. The Morgan fingerprint density at radius 3 is 0.741 bits per heavy atom. The topological polar surface area (TPSA) is 237 Å². The van der Waals surface area contributed by atoms with Crippen molar-refractivity contribution in [2.75, 3.05) is 39.6 Å². The summed E-state index contributed by atoms with van der Waals surface area (Å²) in [6, 6.07) is 0. The highest BCUT2D eigenvalue weighted by Crippen LogP contribution is 2.45. The number of aliphatic hydroxyl groups is 1. The van der Waals surface area contributed by atoms with E-state index in [1.807, 2.05) is 0 Å². The quantitative estimate of drug-likeness (QED) is 0.0169. The van der Waals surface area contributed by atoms with Crippen LogP contribution < -0.4 is 0 Å². The number of rotatable bonds is 78. The van der Waals surface area contributed by atoms with Crippen molar-refractivity contribution in [1.29, 1.82) is 0 Å². The molecule has 0 aromatic heterocycles. The summed E-state index contributed by atoms with van der Waals surface area (Å²) in [4.78, 5) is 73.2. The summed E-state index contributed by atoms with van der Waals surface area (Å²) in [7, 11) is -9.99.